The molecule has 2 rings (SSSR count). The maximum absolute atomic E-state index is 8.72. The Balaban J connectivity index is 2.54. The van der Waals surface area contributed by atoms with Crippen molar-refractivity contribution in [2.24, 2.45) is 0 Å². The molecule has 3 nitrogen and oxygen atoms in total. The van der Waals surface area contributed by atoms with Crippen molar-refractivity contribution >= 4 is 23.4 Å². The third kappa shape index (κ3) is 1.64. The van der Waals surface area contributed by atoms with Gasteiger partial charge in [-0.15, -0.1) is 0 Å². The Hall–Kier alpha value is -1.13. The smallest absolute Gasteiger partial charge is 0.363 e. The minimum absolute atomic E-state index is 0.129. The zero-order valence-electron chi connectivity index (χ0n) is 6.82. The summed E-state index contributed by atoms with van der Waals surface area (Å²) in [5.41, 5.74) is 2.29. The molecule has 1 aromatic carbocycles. The molecule has 0 unspecified atom stereocenters. The Kier molecular flexibility index (Phi) is 2.16. The fourth-order valence-electron chi connectivity index (χ4n) is 1.20. The molecule has 0 radical (unpaired) electrons. The van der Waals surface area contributed by atoms with Crippen LogP contribution in [0.4, 0.5) is 0 Å². The molecule has 1 aromatic heterocycles. The summed E-state index contributed by atoms with van der Waals surface area (Å²) in [5.74, 6) is 0. The lowest BCUT2D eigenvalue weighted by molar-refractivity contribution is 0.299. The Bertz CT molecular complexity index is 469. The monoisotopic (exact) mass is 196 g/mol. The molecule has 0 aliphatic heterocycles. The Labute approximate surface area is 79.6 Å². The van der Waals surface area contributed by atoms with Gasteiger partial charge in [-0.25, -0.2) is 0 Å². The SMILES string of the molecule is OCCc1ccc2oc(=S)oc2c1. The van der Waals surface area contributed by atoms with Crippen LogP contribution in [0.15, 0.2) is 27.0 Å². The Morgan fingerprint density at radius 1 is 1.23 bits per heavy atom. The molecule has 13 heavy (non-hydrogen) atoms. The van der Waals surface area contributed by atoms with Crippen LogP contribution in [0.5, 0.6) is 0 Å². The lowest BCUT2D eigenvalue weighted by Crippen LogP contribution is -1.88. The van der Waals surface area contributed by atoms with Crippen LogP contribution in [-0.4, -0.2) is 11.7 Å². The first-order chi connectivity index (χ1) is 6.29. The van der Waals surface area contributed by atoms with Crippen molar-refractivity contribution < 1.29 is 13.9 Å². The van der Waals surface area contributed by atoms with Crippen molar-refractivity contribution in [3.8, 4) is 0 Å². The van der Waals surface area contributed by atoms with Gasteiger partial charge in [-0.05, 0) is 24.1 Å². The van der Waals surface area contributed by atoms with E-state index in [2.05, 4.69) is 0 Å². The second-order valence-corrected chi connectivity index (χ2v) is 3.04. The van der Waals surface area contributed by atoms with E-state index in [9.17, 15) is 0 Å². The zero-order valence-corrected chi connectivity index (χ0v) is 7.63. The third-order valence-corrected chi connectivity index (χ3v) is 1.96. The largest absolute Gasteiger partial charge is 0.413 e. The molecule has 0 aliphatic carbocycles. The third-order valence-electron chi connectivity index (χ3n) is 1.80. The minimum atomic E-state index is 0.129. The summed E-state index contributed by atoms with van der Waals surface area (Å²) < 4.78 is 10.2. The first kappa shape index (κ1) is 8.47. The quantitative estimate of drug-likeness (QED) is 0.748. The summed E-state index contributed by atoms with van der Waals surface area (Å²) in [6.45, 7) is 0.129. The number of aliphatic hydroxyl groups is 1. The molecule has 0 spiro atoms. The van der Waals surface area contributed by atoms with Crippen LogP contribution in [0, 0.1) is 4.90 Å². The van der Waals surface area contributed by atoms with Crippen molar-refractivity contribution in [1.29, 1.82) is 0 Å². The highest BCUT2D eigenvalue weighted by Gasteiger charge is 2.01. The summed E-state index contributed by atoms with van der Waals surface area (Å²) in [7, 11) is 0. The van der Waals surface area contributed by atoms with Crippen LogP contribution in [0.3, 0.4) is 0 Å². The van der Waals surface area contributed by atoms with Crippen LogP contribution in [-0.2, 0) is 6.42 Å². The molecular formula is C9H8O3S. The van der Waals surface area contributed by atoms with E-state index in [0.29, 0.717) is 17.6 Å². The predicted octanol–water partition coefficient (Wildman–Crippen LogP) is 2.29. The Morgan fingerprint density at radius 3 is 2.77 bits per heavy atom. The van der Waals surface area contributed by atoms with Gasteiger partial charge in [-0.1, -0.05) is 6.07 Å². The van der Waals surface area contributed by atoms with Gasteiger partial charge in [-0.2, -0.15) is 0 Å². The molecule has 0 saturated carbocycles. The normalized spacial score (nSPS) is 10.8. The fraction of sp³-hybridized carbons (Fsp3) is 0.222. The van der Waals surface area contributed by atoms with E-state index in [1.165, 1.54) is 0 Å². The first-order valence-corrected chi connectivity index (χ1v) is 4.34. The lowest BCUT2D eigenvalue weighted by Gasteiger charge is -1.94. The highest BCUT2D eigenvalue weighted by Crippen LogP contribution is 2.18. The van der Waals surface area contributed by atoms with Crippen molar-refractivity contribution in [3.05, 3.63) is 28.7 Å². The summed E-state index contributed by atoms with van der Waals surface area (Å²) >= 11 is 4.74. The van der Waals surface area contributed by atoms with Crippen molar-refractivity contribution in [1.82, 2.24) is 0 Å². The average molecular weight is 196 g/mol. The molecule has 0 atom stereocenters. The highest BCUT2D eigenvalue weighted by molar-refractivity contribution is 7.71. The maximum Gasteiger partial charge on any atom is 0.363 e. The topological polar surface area (TPSA) is 46.5 Å². The summed E-state index contributed by atoms with van der Waals surface area (Å²) in [5, 5.41) is 8.72. The summed E-state index contributed by atoms with van der Waals surface area (Å²) in [6, 6.07) is 5.50. The fourth-order valence-corrected chi connectivity index (χ4v) is 1.38. The van der Waals surface area contributed by atoms with Crippen LogP contribution in [0.1, 0.15) is 5.56 Å². The van der Waals surface area contributed by atoms with E-state index in [0.717, 1.165) is 5.56 Å². The number of hydrogen-bond acceptors (Lipinski definition) is 4. The molecule has 1 N–H and O–H groups in total. The molecule has 68 valence electrons. The van der Waals surface area contributed by atoms with Gasteiger partial charge < -0.3 is 13.9 Å². The minimum Gasteiger partial charge on any atom is -0.413 e. The number of fused-ring (bicyclic) bond motifs is 1. The number of rotatable bonds is 2. The van der Waals surface area contributed by atoms with Gasteiger partial charge in [0.25, 0.3) is 0 Å². The molecule has 2 aromatic rings. The summed E-state index contributed by atoms with van der Waals surface area (Å²) in [6.07, 6.45) is 0.614. The van der Waals surface area contributed by atoms with E-state index in [4.69, 9.17) is 26.2 Å². The van der Waals surface area contributed by atoms with E-state index >= 15 is 0 Å². The summed E-state index contributed by atoms with van der Waals surface area (Å²) in [4.78, 5) is 0.135. The molecular weight excluding hydrogens is 188 g/mol. The molecule has 0 aliphatic rings. The van der Waals surface area contributed by atoms with Gasteiger partial charge >= 0.3 is 4.90 Å². The van der Waals surface area contributed by atoms with Gasteiger partial charge in [0.2, 0.25) is 0 Å². The highest BCUT2D eigenvalue weighted by atomic mass is 32.1. The van der Waals surface area contributed by atoms with Crippen LogP contribution >= 0.6 is 12.2 Å². The number of hydrogen-bond donors (Lipinski definition) is 1. The maximum atomic E-state index is 8.72. The number of benzene rings is 1. The van der Waals surface area contributed by atoms with E-state index in [-0.39, 0.29) is 11.5 Å². The molecule has 4 heteroatoms. The standard InChI is InChI=1S/C9H8O3S/c10-4-3-6-1-2-7-8(5-6)12-9(13)11-7/h1-2,5,10H,3-4H2. The lowest BCUT2D eigenvalue weighted by atomic mass is 10.1. The molecule has 0 fully saturated rings. The van der Waals surface area contributed by atoms with Crippen LogP contribution in [0.25, 0.3) is 11.2 Å². The van der Waals surface area contributed by atoms with Gasteiger partial charge in [0.1, 0.15) is 0 Å². The molecule has 0 bridgehead atoms. The number of aliphatic hydroxyl groups excluding tert-OH is 1. The van der Waals surface area contributed by atoms with Crippen LogP contribution < -0.4 is 0 Å². The van der Waals surface area contributed by atoms with Crippen molar-refractivity contribution in [3.63, 3.8) is 0 Å². The van der Waals surface area contributed by atoms with Crippen molar-refractivity contribution in [2.45, 2.75) is 6.42 Å². The first-order valence-electron chi connectivity index (χ1n) is 3.93. The van der Waals surface area contributed by atoms with Gasteiger partial charge in [0.15, 0.2) is 11.2 Å². The second-order valence-electron chi connectivity index (χ2n) is 2.71. The van der Waals surface area contributed by atoms with E-state index < -0.39 is 0 Å². The van der Waals surface area contributed by atoms with E-state index in [1.54, 1.807) is 6.07 Å². The average Bonchev–Trinajstić information content (AvgIpc) is 2.44. The van der Waals surface area contributed by atoms with Crippen molar-refractivity contribution in [2.75, 3.05) is 6.61 Å². The van der Waals surface area contributed by atoms with Gasteiger partial charge in [0.05, 0.1) is 0 Å². The molecule has 0 amide bonds. The van der Waals surface area contributed by atoms with Gasteiger partial charge in [0, 0.05) is 18.8 Å². The molecule has 1 heterocycles. The predicted molar refractivity (Wildman–Crippen MR) is 50.1 cm³/mol. The van der Waals surface area contributed by atoms with E-state index in [1.807, 2.05) is 12.1 Å². The Morgan fingerprint density at radius 2 is 2.00 bits per heavy atom. The second kappa shape index (κ2) is 3.32. The zero-order chi connectivity index (χ0) is 9.26. The molecule has 0 saturated heterocycles. The van der Waals surface area contributed by atoms with Gasteiger partial charge in [-0.3, -0.25) is 0 Å². The van der Waals surface area contributed by atoms with Crippen LogP contribution in [0.2, 0.25) is 0 Å².